The van der Waals surface area contributed by atoms with Crippen LogP contribution in [0.3, 0.4) is 0 Å². The van der Waals surface area contributed by atoms with Gasteiger partial charge in [-0.15, -0.1) is 24.3 Å². The number of hydrogen-bond donors (Lipinski definition) is 0. The Bertz CT molecular complexity index is 3750. The summed E-state index contributed by atoms with van der Waals surface area (Å²) >= 11 is 0. The summed E-state index contributed by atoms with van der Waals surface area (Å²) in [5, 5.41) is 4.87. The zero-order valence-electron chi connectivity index (χ0n) is 60.5. The molecule has 14 rings (SSSR count). The van der Waals surface area contributed by atoms with Crippen LogP contribution in [0.25, 0.3) is 111 Å². The Morgan fingerprint density at radius 2 is 0.347 bits per heavy atom. The van der Waals surface area contributed by atoms with Gasteiger partial charge in [0.2, 0.25) is 0 Å². The third-order valence-electron chi connectivity index (χ3n) is 18.0. The molecule has 0 aliphatic rings. The van der Waals surface area contributed by atoms with Gasteiger partial charge < -0.3 is 0 Å². The Balaban J connectivity index is 0.000000184. The molecule has 0 spiro atoms. The zero-order chi connectivity index (χ0) is 68.9. The van der Waals surface area contributed by atoms with Crippen molar-refractivity contribution in [2.75, 3.05) is 0 Å². The van der Waals surface area contributed by atoms with Crippen molar-refractivity contribution < 1.29 is 54.6 Å². The molecule has 514 valence electrons. The van der Waals surface area contributed by atoms with Gasteiger partial charge in [0.25, 0.3) is 0 Å². The molecule has 0 heterocycles. The van der Waals surface area contributed by atoms with Crippen LogP contribution in [0.2, 0.25) is 0 Å². The minimum Gasteiger partial charge on any atom is -0.210 e. The van der Waals surface area contributed by atoms with Crippen LogP contribution in [0, 0.1) is 0 Å². The van der Waals surface area contributed by atoms with Crippen LogP contribution < -0.4 is 10.6 Å². The molecule has 0 aromatic heterocycles. The van der Waals surface area contributed by atoms with Gasteiger partial charge in [-0.05, 0) is 132 Å². The standard InChI is InChI=1S/2C35H25.2C13H23P.2Fe.Pd/c2*1-6-16-26(17-7-1)31-32(27-18-8-2-9-19-27)34(29-22-12-4-13-23-29)35(30-24-14-5-15-25-30)33(31)28-20-10-3-11-21-28;2*1-12(2,3)14(13(4,5)6)11-9-7-8-10-11;;;/h2*1-25H;2*7-10,14H,1-6H3;;;/q2*-1;;;2*+2;. The van der Waals surface area contributed by atoms with Gasteiger partial charge in [0.1, 0.15) is 0 Å². The fraction of sp³-hybridized carbons (Fsp3) is 0.167. The molecule has 0 atom stereocenters. The molecule has 0 unspecified atom stereocenters. The quantitative estimate of drug-likeness (QED) is 0.0650. The Morgan fingerprint density at radius 3 is 0.505 bits per heavy atom. The van der Waals surface area contributed by atoms with Gasteiger partial charge in [-0.3, -0.25) is 0 Å². The molecule has 0 bridgehead atoms. The normalized spacial score (nSPS) is 11.3. The van der Waals surface area contributed by atoms with E-state index in [1.165, 1.54) is 111 Å². The van der Waals surface area contributed by atoms with E-state index in [0.717, 1.165) is 0 Å². The summed E-state index contributed by atoms with van der Waals surface area (Å²) < 4.78 is 0. The molecule has 14 aromatic carbocycles. The van der Waals surface area contributed by atoms with E-state index >= 15 is 0 Å². The van der Waals surface area contributed by atoms with Crippen molar-refractivity contribution in [3.05, 3.63) is 352 Å². The van der Waals surface area contributed by atoms with Crippen LogP contribution in [0.15, 0.2) is 352 Å². The molecule has 0 nitrogen and oxygen atoms in total. The topological polar surface area (TPSA) is 0 Å². The van der Waals surface area contributed by atoms with E-state index in [1.54, 1.807) is 10.6 Å². The van der Waals surface area contributed by atoms with Crippen LogP contribution in [0.4, 0.5) is 0 Å². The molecule has 5 heteroatoms. The van der Waals surface area contributed by atoms with Crippen molar-refractivity contribution in [3.63, 3.8) is 0 Å². The molecule has 14 aromatic rings. The summed E-state index contributed by atoms with van der Waals surface area (Å²) in [7, 11) is -1.02. The maximum Gasteiger partial charge on any atom is 2.00 e. The summed E-state index contributed by atoms with van der Waals surface area (Å²) in [6.07, 6.45) is 0. The minimum absolute atomic E-state index is 0. The largest absolute Gasteiger partial charge is 2.00 e. The van der Waals surface area contributed by atoms with Crippen molar-refractivity contribution in [2.45, 2.75) is 104 Å². The van der Waals surface area contributed by atoms with Crippen LogP contribution >= 0.6 is 15.8 Å². The Hall–Kier alpha value is -7.84. The second-order valence-corrected chi connectivity index (χ2v) is 38.2. The summed E-state index contributed by atoms with van der Waals surface area (Å²) in [6.45, 7) is 28.5. The maximum absolute atomic E-state index is 2.37. The Morgan fingerprint density at radius 1 is 0.198 bits per heavy atom. The van der Waals surface area contributed by atoms with E-state index in [2.05, 4.69) is 435 Å². The van der Waals surface area contributed by atoms with E-state index < -0.39 is 15.8 Å². The predicted molar refractivity (Wildman–Crippen MR) is 437 cm³/mol. The fourth-order valence-electron chi connectivity index (χ4n) is 15.2. The molecule has 0 radical (unpaired) electrons. The molecule has 0 saturated heterocycles. The monoisotopic (exact) mass is 1530 g/mol. The van der Waals surface area contributed by atoms with Crippen molar-refractivity contribution in [1.82, 2.24) is 0 Å². The van der Waals surface area contributed by atoms with Crippen LogP contribution in [0.5, 0.6) is 0 Å². The molecule has 0 aliphatic heterocycles. The van der Waals surface area contributed by atoms with Crippen LogP contribution in [-0.4, -0.2) is 20.6 Å². The van der Waals surface area contributed by atoms with Crippen molar-refractivity contribution in [2.24, 2.45) is 0 Å². The van der Waals surface area contributed by atoms with Gasteiger partial charge in [0, 0.05) is 20.4 Å². The molecule has 0 N–H and O–H groups in total. The second-order valence-electron chi connectivity index (χ2n) is 29.5. The molecule has 0 saturated carbocycles. The van der Waals surface area contributed by atoms with Gasteiger partial charge in [0.05, 0.1) is 20.6 Å². The molecule has 101 heavy (non-hydrogen) atoms. The average Bonchev–Trinajstić information content (AvgIpc) is 1.58. The van der Waals surface area contributed by atoms with Crippen molar-refractivity contribution >= 4 is 26.5 Å². The molecule has 0 aliphatic carbocycles. The molecule has 0 fully saturated rings. The number of rotatable bonds is 12. The first-order valence-corrected chi connectivity index (χ1v) is 37.8. The first-order valence-electron chi connectivity index (χ1n) is 34.8. The van der Waals surface area contributed by atoms with Crippen LogP contribution in [0.1, 0.15) is 83.1 Å². The molecular formula is C96H96Fe2P2Pd+2. The molecular weight excluding hydrogens is 1430 g/mol. The van der Waals surface area contributed by atoms with Crippen LogP contribution in [-0.2, 0) is 54.6 Å². The van der Waals surface area contributed by atoms with E-state index in [1.807, 2.05) is 0 Å². The van der Waals surface area contributed by atoms with Gasteiger partial charge in [-0.1, -0.05) is 392 Å². The Labute approximate surface area is 642 Å². The minimum atomic E-state index is -0.510. The van der Waals surface area contributed by atoms with Crippen molar-refractivity contribution in [3.8, 4) is 111 Å². The third-order valence-corrected chi connectivity index (χ3v) is 25.8. The average molecular weight is 1530 g/mol. The summed E-state index contributed by atoms with van der Waals surface area (Å²) in [5.74, 6) is 0. The zero-order valence-corrected chi connectivity index (χ0v) is 66.3. The summed E-state index contributed by atoms with van der Waals surface area (Å²) in [4.78, 5) is 0. The summed E-state index contributed by atoms with van der Waals surface area (Å²) in [6, 6.07) is 126. The van der Waals surface area contributed by atoms with Crippen molar-refractivity contribution in [1.29, 1.82) is 0 Å². The summed E-state index contributed by atoms with van der Waals surface area (Å²) in [5.41, 5.74) is 25.0. The smallest absolute Gasteiger partial charge is 0.210 e. The van der Waals surface area contributed by atoms with Gasteiger partial charge in [-0.25, -0.2) is 24.3 Å². The van der Waals surface area contributed by atoms with Gasteiger partial charge in [-0.2, -0.15) is 0 Å². The number of benzene rings is 10. The Kier molecular flexibility index (Phi) is 28.0. The van der Waals surface area contributed by atoms with E-state index in [9.17, 15) is 0 Å². The van der Waals surface area contributed by atoms with E-state index in [4.69, 9.17) is 0 Å². The SMILES string of the molecule is CC(C)(C)[PH+]([c-]1cccc1)C(C)(C)C.CC(C)(C)[PH+]([c-]1cccc1)C(C)(C)C.[Fe+2].[Fe+2].[Pd].c1ccc(-c2c(-c3ccccc3)c(-c3ccccc3)[c-](-c3ccccc3)c2-c2ccccc2)cc1.c1ccc(-c2c(-c3ccccc3)c(-c3ccccc3)[c-](-c3ccccc3)c2-c2ccccc2)cc1. The predicted octanol–water partition coefficient (Wildman–Crippen LogP) is 27.2. The van der Waals surface area contributed by atoms with E-state index in [-0.39, 0.29) is 54.6 Å². The van der Waals surface area contributed by atoms with E-state index in [0.29, 0.717) is 20.6 Å². The third kappa shape index (κ3) is 19.1. The second kappa shape index (κ2) is 35.9. The first-order chi connectivity index (χ1) is 47.3. The first kappa shape index (κ1) is 78.9. The fourth-order valence-corrected chi connectivity index (χ4v) is 24.3. The molecule has 0 amide bonds. The maximum atomic E-state index is 2.37. The number of hydrogen-bond acceptors (Lipinski definition) is 0. The van der Waals surface area contributed by atoms with Gasteiger partial charge >= 0.3 is 34.1 Å². The van der Waals surface area contributed by atoms with Gasteiger partial charge in [0.15, 0.2) is 0 Å².